The van der Waals surface area contributed by atoms with Crippen molar-refractivity contribution in [3.63, 3.8) is 0 Å². The van der Waals surface area contributed by atoms with Crippen molar-refractivity contribution in [3.8, 4) is 0 Å². The molecule has 21 heavy (non-hydrogen) atoms. The van der Waals surface area contributed by atoms with Crippen LogP contribution in [0.1, 0.15) is 11.6 Å². The van der Waals surface area contributed by atoms with E-state index in [1.165, 1.54) is 18.9 Å². The highest BCUT2D eigenvalue weighted by Crippen LogP contribution is 2.11. The topological polar surface area (TPSA) is 85.2 Å². The van der Waals surface area contributed by atoms with Crippen LogP contribution in [-0.4, -0.2) is 53.9 Å². The normalized spacial score (nSPS) is 11.4. The summed E-state index contributed by atoms with van der Waals surface area (Å²) >= 11 is 1.42. The lowest BCUT2D eigenvalue weighted by molar-refractivity contribution is -0.137. The van der Waals surface area contributed by atoms with Crippen LogP contribution >= 0.6 is 24.2 Å². The fourth-order valence-electron chi connectivity index (χ4n) is 1.60. The van der Waals surface area contributed by atoms with Gasteiger partial charge in [-0.05, 0) is 7.05 Å². The molecule has 0 saturated heterocycles. The number of halogens is 1. The minimum atomic E-state index is -0.422. The molecule has 2 N–H and O–H groups in total. The molecule has 1 rings (SSSR count). The molecule has 1 aromatic heterocycles. The molecule has 0 aliphatic rings. The summed E-state index contributed by atoms with van der Waals surface area (Å²) in [6, 6.07) is -0.422. The molecule has 0 aliphatic heterocycles. The summed E-state index contributed by atoms with van der Waals surface area (Å²) in [5, 5.41) is 9.82. The zero-order chi connectivity index (χ0) is 15.0. The van der Waals surface area contributed by atoms with Crippen LogP contribution in [0.5, 0.6) is 0 Å². The van der Waals surface area contributed by atoms with E-state index in [2.05, 4.69) is 20.5 Å². The second-order valence-electron chi connectivity index (χ2n) is 4.09. The molecule has 0 radical (unpaired) electrons. The van der Waals surface area contributed by atoms with E-state index in [0.29, 0.717) is 18.1 Å². The Morgan fingerprint density at radius 3 is 2.76 bits per heavy atom. The van der Waals surface area contributed by atoms with E-state index in [1.54, 1.807) is 31.2 Å². The highest BCUT2D eigenvalue weighted by Gasteiger charge is 2.19. The molecule has 9 heteroatoms. The number of aromatic nitrogens is 2. The number of rotatable bonds is 8. The lowest BCUT2D eigenvalue weighted by Crippen LogP contribution is -2.37. The predicted molar refractivity (Wildman–Crippen MR) is 84.6 cm³/mol. The molecule has 1 amide bonds. The standard InChI is InChI=1S/C12H20N4O3S.ClH/c1-13-11(9-6-15-16(2)7-9)12(18)14-4-5-20-8-10(17)19-3;/h6-7,11,13H,4-5,8H2,1-3H3,(H,14,18);1H. The lowest BCUT2D eigenvalue weighted by atomic mass is 10.1. The van der Waals surface area contributed by atoms with Gasteiger partial charge in [0.2, 0.25) is 5.91 Å². The molecule has 0 aliphatic carbocycles. The van der Waals surface area contributed by atoms with Gasteiger partial charge in [-0.15, -0.1) is 24.2 Å². The Morgan fingerprint density at radius 2 is 2.24 bits per heavy atom. The molecule has 7 nitrogen and oxygen atoms in total. The summed E-state index contributed by atoms with van der Waals surface area (Å²) in [6.07, 6.45) is 3.46. The Morgan fingerprint density at radius 1 is 1.52 bits per heavy atom. The summed E-state index contributed by atoms with van der Waals surface area (Å²) in [5.74, 6) is 0.582. The van der Waals surface area contributed by atoms with Crippen molar-refractivity contribution >= 4 is 36.0 Å². The molecule has 120 valence electrons. The van der Waals surface area contributed by atoms with Crippen LogP contribution in [0.25, 0.3) is 0 Å². The zero-order valence-corrected chi connectivity index (χ0v) is 13.9. The van der Waals surface area contributed by atoms with E-state index in [1.807, 2.05) is 0 Å². The first-order valence-electron chi connectivity index (χ1n) is 6.16. The van der Waals surface area contributed by atoms with E-state index < -0.39 is 6.04 Å². The van der Waals surface area contributed by atoms with Crippen molar-refractivity contribution in [1.82, 2.24) is 20.4 Å². The summed E-state index contributed by atoms with van der Waals surface area (Å²) in [4.78, 5) is 22.9. The number of ether oxygens (including phenoxy) is 1. The molecule has 0 spiro atoms. The summed E-state index contributed by atoms with van der Waals surface area (Å²) < 4.78 is 6.18. The van der Waals surface area contributed by atoms with Crippen molar-refractivity contribution in [2.75, 3.05) is 32.2 Å². The number of carbonyl (C=O) groups is 2. The Bertz CT molecular complexity index is 455. The average molecular weight is 337 g/mol. The summed E-state index contributed by atoms with van der Waals surface area (Å²) in [7, 11) is 4.89. The fraction of sp³-hybridized carbons (Fsp3) is 0.583. The van der Waals surface area contributed by atoms with Crippen molar-refractivity contribution in [1.29, 1.82) is 0 Å². The molecule has 1 unspecified atom stereocenters. The molecular weight excluding hydrogens is 316 g/mol. The van der Waals surface area contributed by atoms with Crippen molar-refractivity contribution in [2.45, 2.75) is 6.04 Å². The second kappa shape index (κ2) is 10.5. The van der Waals surface area contributed by atoms with Gasteiger partial charge in [0, 0.05) is 31.1 Å². The third-order valence-electron chi connectivity index (χ3n) is 2.60. The van der Waals surface area contributed by atoms with Crippen molar-refractivity contribution in [3.05, 3.63) is 18.0 Å². The number of esters is 1. The van der Waals surface area contributed by atoms with Gasteiger partial charge >= 0.3 is 5.97 Å². The lowest BCUT2D eigenvalue weighted by Gasteiger charge is -2.14. The number of methoxy groups -OCH3 is 1. The van der Waals surface area contributed by atoms with Gasteiger partial charge in [0.15, 0.2) is 0 Å². The first-order chi connectivity index (χ1) is 9.58. The van der Waals surface area contributed by atoms with Crippen LogP contribution in [-0.2, 0) is 21.4 Å². The van der Waals surface area contributed by atoms with E-state index in [0.717, 1.165) is 5.56 Å². The Kier molecular flexibility index (Phi) is 9.85. The largest absolute Gasteiger partial charge is 0.468 e. The van der Waals surface area contributed by atoms with Gasteiger partial charge in [0.25, 0.3) is 0 Å². The van der Waals surface area contributed by atoms with E-state index in [-0.39, 0.29) is 24.3 Å². The highest BCUT2D eigenvalue weighted by molar-refractivity contribution is 7.99. The maximum atomic E-state index is 12.0. The number of hydrogen-bond acceptors (Lipinski definition) is 6. The van der Waals surface area contributed by atoms with Crippen LogP contribution in [0, 0.1) is 0 Å². The van der Waals surface area contributed by atoms with Gasteiger partial charge in [0.1, 0.15) is 6.04 Å². The fourth-order valence-corrected chi connectivity index (χ4v) is 2.28. The minimum absolute atomic E-state index is 0. The third-order valence-corrected chi connectivity index (χ3v) is 3.53. The number of likely N-dealkylation sites (N-methyl/N-ethyl adjacent to an activating group) is 1. The first-order valence-corrected chi connectivity index (χ1v) is 7.32. The summed E-state index contributed by atoms with van der Waals surface area (Å²) in [6.45, 7) is 0.499. The number of hydrogen-bond donors (Lipinski definition) is 2. The summed E-state index contributed by atoms with van der Waals surface area (Å²) in [5.41, 5.74) is 0.815. The molecule has 1 atom stereocenters. The molecule has 1 heterocycles. The van der Waals surface area contributed by atoms with Crippen LogP contribution in [0.3, 0.4) is 0 Å². The average Bonchev–Trinajstić information content (AvgIpc) is 2.85. The van der Waals surface area contributed by atoms with Gasteiger partial charge in [-0.2, -0.15) is 5.10 Å². The van der Waals surface area contributed by atoms with Gasteiger partial charge in [-0.3, -0.25) is 14.3 Å². The minimum Gasteiger partial charge on any atom is -0.468 e. The number of nitrogens with one attached hydrogen (secondary N) is 2. The number of aryl methyl sites for hydroxylation is 1. The maximum Gasteiger partial charge on any atom is 0.315 e. The molecular formula is C12H21ClN4O3S. The number of thioether (sulfide) groups is 1. The van der Waals surface area contributed by atoms with Crippen LogP contribution in [0.15, 0.2) is 12.4 Å². The molecule has 1 aromatic rings. The maximum absolute atomic E-state index is 12.0. The van der Waals surface area contributed by atoms with Gasteiger partial charge < -0.3 is 15.4 Å². The van der Waals surface area contributed by atoms with Gasteiger partial charge in [0.05, 0.1) is 19.1 Å². The monoisotopic (exact) mass is 336 g/mol. The second-order valence-corrected chi connectivity index (χ2v) is 5.19. The van der Waals surface area contributed by atoms with Gasteiger partial charge in [-0.1, -0.05) is 0 Å². The molecule has 0 saturated carbocycles. The van der Waals surface area contributed by atoms with Crippen LogP contribution in [0.2, 0.25) is 0 Å². The molecule has 0 aromatic carbocycles. The first kappa shape index (κ1) is 19.8. The van der Waals surface area contributed by atoms with Crippen molar-refractivity contribution in [2.24, 2.45) is 7.05 Å². The SMILES string of the molecule is CNC(C(=O)NCCSCC(=O)OC)c1cnn(C)c1.Cl. The Hall–Kier alpha value is -1.25. The van der Waals surface area contributed by atoms with Gasteiger partial charge in [-0.25, -0.2) is 0 Å². The third kappa shape index (κ3) is 6.83. The van der Waals surface area contributed by atoms with E-state index in [4.69, 9.17) is 0 Å². The molecule has 0 bridgehead atoms. The number of nitrogens with zero attached hydrogens (tertiary/aromatic N) is 2. The Labute approximate surface area is 134 Å². The zero-order valence-electron chi connectivity index (χ0n) is 12.3. The highest BCUT2D eigenvalue weighted by atomic mass is 35.5. The number of carbonyl (C=O) groups excluding carboxylic acids is 2. The molecule has 0 fully saturated rings. The smallest absolute Gasteiger partial charge is 0.315 e. The number of amides is 1. The van der Waals surface area contributed by atoms with Crippen LogP contribution < -0.4 is 10.6 Å². The quantitative estimate of drug-likeness (QED) is 0.518. The van der Waals surface area contributed by atoms with Crippen LogP contribution in [0.4, 0.5) is 0 Å². The van der Waals surface area contributed by atoms with E-state index >= 15 is 0 Å². The Balaban J connectivity index is 0.00000400. The predicted octanol–water partition coefficient (Wildman–Crippen LogP) is 0.125. The van der Waals surface area contributed by atoms with Crippen molar-refractivity contribution < 1.29 is 14.3 Å². The van der Waals surface area contributed by atoms with E-state index in [9.17, 15) is 9.59 Å².